The average Bonchev–Trinajstić information content (AvgIpc) is 3.44. The molecular weight excluding hydrogens is 495 g/mol. The van der Waals surface area contributed by atoms with Crippen LogP contribution in [-0.4, -0.2) is 89.8 Å². The first kappa shape index (κ1) is 26.1. The third-order valence-corrected chi connectivity index (χ3v) is 7.00. The zero-order valence-corrected chi connectivity index (χ0v) is 21.3. The summed E-state index contributed by atoms with van der Waals surface area (Å²) in [5, 5.41) is 7.26. The van der Waals surface area contributed by atoms with E-state index >= 15 is 0 Å². The van der Waals surface area contributed by atoms with E-state index in [9.17, 15) is 0 Å². The predicted molar refractivity (Wildman–Crippen MR) is 132 cm³/mol. The van der Waals surface area contributed by atoms with Crippen LogP contribution in [0.2, 0.25) is 0 Å². The molecule has 2 N–H and O–H groups in total. The number of guanidine groups is 1. The molecule has 2 aliphatic heterocycles. The van der Waals surface area contributed by atoms with Crippen LogP contribution in [0, 0.1) is 11.3 Å². The van der Waals surface area contributed by atoms with Gasteiger partial charge in [0.05, 0.1) is 19.8 Å². The van der Waals surface area contributed by atoms with Crippen LogP contribution in [0.4, 0.5) is 0 Å². The highest BCUT2D eigenvalue weighted by Crippen LogP contribution is 2.40. The number of hydrogen-bond acceptors (Lipinski definition) is 5. The summed E-state index contributed by atoms with van der Waals surface area (Å²) < 4.78 is 16.9. The number of ether oxygens (including phenoxy) is 3. The summed E-state index contributed by atoms with van der Waals surface area (Å²) in [6, 6.07) is 0.471. The molecule has 2 heterocycles. The molecule has 0 radical (unpaired) electrons. The van der Waals surface area contributed by atoms with Crippen LogP contribution < -0.4 is 10.6 Å². The van der Waals surface area contributed by atoms with E-state index in [0.717, 1.165) is 84.6 Å². The summed E-state index contributed by atoms with van der Waals surface area (Å²) in [5.74, 6) is 1.51. The van der Waals surface area contributed by atoms with Crippen molar-refractivity contribution < 1.29 is 14.2 Å². The summed E-state index contributed by atoms with van der Waals surface area (Å²) >= 11 is 0. The number of nitrogens with zero attached hydrogens (tertiary/aromatic N) is 2. The molecule has 0 bridgehead atoms. The van der Waals surface area contributed by atoms with E-state index in [-0.39, 0.29) is 24.0 Å². The van der Waals surface area contributed by atoms with Crippen molar-refractivity contribution in [1.82, 2.24) is 15.5 Å². The van der Waals surface area contributed by atoms with Crippen LogP contribution >= 0.6 is 24.0 Å². The van der Waals surface area contributed by atoms with Crippen molar-refractivity contribution in [1.29, 1.82) is 0 Å². The summed E-state index contributed by atoms with van der Waals surface area (Å²) in [4.78, 5) is 7.08. The Balaban J connectivity index is 0.00000320. The Bertz CT molecular complexity index is 491. The van der Waals surface area contributed by atoms with Crippen molar-refractivity contribution in [2.75, 3.05) is 72.9 Å². The molecule has 2 saturated heterocycles. The number of aliphatic imine (C=N–C) groups is 1. The van der Waals surface area contributed by atoms with Crippen molar-refractivity contribution >= 4 is 29.9 Å². The fraction of sp³-hybridized carbons (Fsp3) is 0.955. The van der Waals surface area contributed by atoms with Gasteiger partial charge >= 0.3 is 0 Å². The standard InChI is InChI=1S/C22H42N4O3.HI/c1-3-27-13-9-22(7-4-5-8-22)18-25-21(23-2)24-16-20(19-6-12-29-17-19)26-10-14-28-15-11-26;/h19-20H,3-18H2,1-2H3,(H2,23,24,25);1H. The maximum absolute atomic E-state index is 5.69. The van der Waals surface area contributed by atoms with E-state index in [1.54, 1.807) is 0 Å². The molecule has 0 aromatic carbocycles. The second-order valence-electron chi connectivity index (χ2n) is 8.80. The Morgan fingerprint density at radius 1 is 1.17 bits per heavy atom. The zero-order valence-electron chi connectivity index (χ0n) is 19.0. The fourth-order valence-corrected chi connectivity index (χ4v) is 5.13. The maximum Gasteiger partial charge on any atom is 0.191 e. The van der Waals surface area contributed by atoms with E-state index < -0.39 is 0 Å². The topological polar surface area (TPSA) is 67.3 Å². The summed E-state index contributed by atoms with van der Waals surface area (Å²) in [7, 11) is 1.87. The first-order chi connectivity index (χ1) is 14.3. The van der Waals surface area contributed by atoms with Gasteiger partial charge < -0.3 is 24.8 Å². The quantitative estimate of drug-likeness (QED) is 0.193. The molecule has 7 nitrogen and oxygen atoms in total. The molecule has 0 aromatic heterocycles. The van der Waals surface area contributed by atoms with Crippen molar-refractivity contribution in [2.24, 2.45) is 16.3 Å². The lowest BCUT2D eigenvalue weighted by Gasteiger charge is -2.38. The molecule has 0 spiro atoms. The van der Waals surface area contributed by atoms with Gasteiger partial charge in [0, 0.05) is 65.0 Å². The Labute approximate surface area is 200 Å². The third kappa shape index (κ3) is 7.76. The largest absolute Gasteiger partial charge is 0.382 e. The van der Waals surface area contributed by atoms with Gasteiger partial charge in [0.25, 0.3) is 0 Å². The lowest BCUT2D eigenvalue weighted by molar-refractivity contribution is 0.00245. The van der Waals surface area contributed by atoms with Crippen molar-refractivity contribution in [3.05, 3.63) is 0 Å². The Kier molecular flexibility index (Phi) is 12.2. The van der Waals surface area contributed by atoms with E-state index in [0.29, 0.717) is 17.4 Å². The van der Waals surface area contributed by atoms with Crippen LogP contribution in [0.1, 0.15) is 45.4 Å². The smallest absolute Gasteiger partial charge is 0.191 e. The van der Waals surface area contributed by atoms with Gasteiger partial charge in [-0.25, -0.2) is 0 Å². The lowest BCUT2D eigenvalue weighted by atomic mass is 9.83. The van der Waals surface area contributed by atoms with Crippen LogP contribution in [0.25, 0.3) is 0 Å². The van der Waals surface area contributed by atoms with Crippen LogP contribution in [0.3, 0.4) is 0 Å². The number of nitrogens with one attached hydrogen (secondary N) is 2. The maximum atomic E-state index is 5.69. The number of hydrogen-bond donors (Lipinski definition) is 2. The van der Waals surface area contributed by atoms with Gasteiger partial charge in [-0.05, 0) is 38.0 Å². The molecule has 176 valence electrons. The van der Waals surface area contributed by atoms with E-state index in [2.05, 4.69) is 27.4 Å². The van der Waals surface area contributed by atoms with Crippen LogP contribution in [0.5, 0.6) is 0 Å². The van der Waals surface area contributed by atoms with Gasteiger partial charge in [-0.2, -0.15) is 0 Å². The molecule has 3 rings (SSSR count). The molecule has 2 atom stereocenters. The minimum absolute atomic E-state index is 0. The van der Waals surface area contributed by atoms with Gasteiger partial charge in [-0.1, -0.05) is 12.8 Å². The van der Waals surface area contributed by atoms with Gasteiger partial charge in [-0.15, -0.1) is 24.0 Å². The molecule has 1 aliphatic carbocycles. The highest BCUT2D eigenvalue weighted by molar-refractivity contribution is 14.0. The molecule has 0 aromatic rings. The monoisotopic (exact) mass is 538 g/mol. The minimum atomic E-state index is 0. The number of halogens is 1. The van der Waals surface area contributed by atoms with Crippen molar-refractivity contribution in [3.63, 3.8) is 0 Å². The molecule has 3 aliphatic rings. The van der Waals surface area contributed by atoms with Gasteiger partial charge in [0.2, 0.25) is 0 Å². The number of morpholine rings is 1. The molecule has 2 unspecified atom stereocenters. The molecule has 8 heteroatoms. The van der Waals surface area contributed by atoms with Crippen molar-refractivity contribution in [2.45, 2.75) is 51.5 Å². The van der Waals surface area contributed by atoms with E-state index in [4.69, 9.17) is 14.2 Å². The predicted octanol–water partition coefficient (Wildman–Crippen LogP) is 2.49. The molecule has 30 heavy (non-hydrogen) atoms. The van der Waals surface area contributed by atoms with Gasteiger partial charge in [0.15, 0.2) is 5.96 Å². The second-order valence-corrected chi connectivity index (χ2v) is 8.80. The average molecular weight is 539 g/mol. The Morgan fingerprint density at radius 2 is 1.93 bits per heavy atom. The van der Waals surface area contributed by atoms with Gasteiger partial charge in [-0.3, -0.25) is 9.89 Å². The minimum Gasteiger partial charge on any atom is -0.382 e. The Hall–Kier alpha value is -0.160. The van der Waals surface area contributed by atoms with Crippen molar-refractivity contribution in [3.8, 4) is 0 Å². The first-order valence-corrected chi connectivity index (χ1v) is 11.7. The first-order valence-electron chi connectivity index (χ1n) is 11.7. The molecule has 0 amide bonds. The molecule has 1 saturated carbocycles. The van der Waals surface area contributed by atoms with E-state index in [1.165, 1.54) is 25.7 Å². The number of rotatable bonds is 10. The summed E-state index contributed by atoms with van der Waals surface area (Å²) in [6.45, 7) is 11.1. The highest BCUT2D eigenvalue weighted by Gasteiger charge is 2.34. The normalized spacial score (nSPS) is 25.7. The SMILES string of the molecule is CCOCCC1(CNC(=NC)NCC(C2CCOC2)N2CCOCC2)CCCC1.I. The highest BCUT2D eigenvalue weighted by atomic mass is 127. The summed E-state index contributed by atoms with van der Waals surface area (Å²) in [6.07, 6.45) is 7.54. The lowest BCUT2D eigenvalue weighted by Crippen LogP contribution is -2.54. The molecular formula is C22H43IN4O3. The third-order valence-electron chi connectivity index (χ3n) is 7.00. The van der Waals surface area contributed by atoms with Crippen LogP contribution in [-0.2, 0) is 14.2 Å². The second kappa shape index (κ2) is 14.1. The van der Waals surface area contributed by atoms with Gasteiger partial charge in [0.1, 0.15) is 0 Å². The van der Waals surface area contributed by atoms with E-state index in [1.807, 2.05) is 7.05 Å². The fourth-order valence-electron chi connectivity index (χ4n) is 5.13. The zero-order chi connectivity index (χ0) is 20.4. The molecule has 3 fully saturated rings. The summed E-state index contributed by atoms with van der Waals surface area (Å²) in [5.41, 5.74) is 0.357. The van der Waals surface area contributed by atoms with Crippen LogP contribution in [0.15, 0.2) is 4.99 Å². The Morgan fingerprint density at radius 3 is 2.57 bits per heavy atom.